The summed E-state index contributed by atoms with van der Waals surface area (Å²) in [4.78, 5) is 2.79. The monoisotopic (exact) mass is 224 g/mol. The van der Waals surface area contributed by atoms with Crippen LogP contribution in [0.4, 0.5) is 0 Å². The molecule has 3 atom stereocenters. The summed E-state index contributed by atoms with van der Waals surface area (Å²) in [6.45, 7) is 6.92. The number of hydrogen-bond acceptors (Lipinski definition) is 2. The van der Waals surface area contributed by atoms with Crippen LogP contribution in [0, 0.1) is 5.92 Å². The van der Waals surface area contributed by atoms with Gasteiger partial charge in [0.1, 0.15) is 0 Å². The Labute approximate surface area is 101 Å². The van der Waals surface area contributed by atoms with Crippen LogP contribution >= 0.6 is 0 Å². The minimum absolute atomic E-state index is 0.343. The molecule has 2 nitrogen and oxygen atoms in total. The molecule has 0 aromatic heterocycles. The third-order valence-electron chi connectivity index (χ3n) is 5.19. The minimum atomic E-state index is 0.343. The molecule has 94 valence electrons. The van der Waals surface area contributed by atoms with Crippen LogP contribution in [0.5, 0.6) is 0 Å². The van der Waals surface area contributed by atoms with Crippen molar-refractivity contribution in [1.29, 1.82) is 0 Å². The van der Waals surface area contributed by atoms with E-state index in [1.807, 2.05) is 0 Å². The van der Waals surface area contributed by atoms with Gasteiger partial charge in [-0.1, -0.05) is 26.7 Å². The number of likely N-dealkylation sites (tertiary alicyclic amines) is 1. The van der Waals surface area contributed by atoms with Crippen molar-refractivity contribution in [2.75, 3.05) is 13.1 Å². The average Bonchev–Trinajstić information content (AvgIpc) is 2.78. The molecule has 0 aromatic carbocycles. The Bertz CT molecular complexity index is 229. The van der Waals surface area contributed by atoms with Crippen molar-refractivity contribution in [3.63, 3.8) is 0 Å². The van der Waals surface area contributed by atoms with Crippen LogP contribution < -0.4 is 5.73 Å². The molecule has 2 aliphatic rings. The molecule has 16 heavy (non-hydrogen) atoms. The average molecular weight is 224 g/mol. The van der Waals surface area contributed by atoms with Gasteiger partial charge in [0.25, 0.3) is 0 Å². The highest BCUT2D eigenvalue weighted by atomic mass is 15.3. The molecule has 2 fully saturated rings. The highest BCUT2D eigenvalue weighted by molar-refractivity contribution is 5.02. The fourth-order valence-corrected chi connectivity index (χ4v) is 4.09. The van der Waals surface area contributed by atoms with Crippen molar-refractivity contribution in [3.05, 3.63) is 0 Å². The Morgan fingerprint density at radius 2 is 2.06 bits per heavy atom. The van der Waals surface area contributed by atoms with E-state index in [4.69, 9.17) is 5.73 Å². The van der Waals surface area contributed by atoms with Crippen LogP contribution in [0.3, 0.4) is 0 Å². The van der Waals surface area contributed by atoms with Gasteiger partial charge in [-0.3, -0.25) is 4.90 Å². The van der Waals surface area contributed by atoms with Gasteiger partial charge < -0.3 is 5.73 Å². The maximum atomic E-state index is 6.18. The lowest BCUT2D eigenvalue weighted by atomic mass is 9.72. The molecule has 1 aliphatic heterocycles. The number of rotatable bonds is 3. The summed E-state index contributed by atoms with van der Waals surface area (Å²) in [5.74, 6) is 0.790. The van der Waals surface area contributed by atoms with Crippen molar-refractivity contribution in [2.24, 2.45) is 11.7 Å². The zero-order valence-corrected chi connectivity index (χ0v) is 11.0. The molecule has 1 saturated heterocycles. The van der Waals surface area contributed by atoms with Crippen LogP contribution in [0.15, 0.2) is 0 Å². The summed E-state index contributed by atoms with van der Waals surface area (Å²) in [6.07, 6.45) is 9.58. The van der Waals surface area contributed by atoms with Gasteiger partial charge in [-0.15, -0.1) is 0 Å². The van der Waals surface area contributed by atoms with E-state index in [9.17, 15) is 0 Å². The molecule has 1 saturated carbocycles. The second kappa shape index (κ2) is 5.05. The molecule has 1 aliphatic carbocycles. The number of hydrogen-bond donors (Lipinski definition) is 1. The summed E-state index contributed by atoms with van der Waals surface area (Å²) in [6, 6.07) is 0.809. The summed E-state index contributed by atoms with van der Waals surface area (Å²) >= 11 is 0. The fourth-order valence-electron chi connectivity index (χ4n) is 4.09. The van der Waals surface area contributed by atoms with Crippen LogP contribution in [-0.2, 0) is 0 Å². The van der Waals surface area contributed by atoms with Gasteiger partial charge in [0, 0.05) is 18.1 Å². The normalized spacial score (nSPS) is 41.4. The van der Waals surface area contributed by atoms with E-state index in [0.717, 1.165) is 18.5 Å². The second-order valence-electron chi connectivity index (χ2n) is 5.85. The molecule has 0 amide bonds. The molecule has 2 N–H and O–H groups in total. The van der Waals surface area contributed by atoms with Crippen molar-refractivity contribution < 1.29 is 0 Å². The number of nitrogens with two attached hydrogens (primary N) is 1. The van der Waals surface area contributed by atoms with Crippen LogP contribution in [0.1, 0.15) is 58.8 Å². The van der Waals surface area contributed by atoms with Crippen molar-refractivity contribution in [2.45, 2.75) is 70.4 Å². The van der Waals surface area contributed by atoms with E-state index in [1.165, 1.54) is 51.5 Å². The Morgan fingerprint density at radius 1 is 1.25 bits per heavy atom. The first-order valence-corrected chi connectivity index (χ1v) is 7.21. The van der Waals surface area contributed by atoms with Gasteiger partial charge in [-0.05, 0) is 44.6 Å². The predicted octanol–water partition coefficient (Wildman–Crippen LogP) is 2.77. The zero-order chi connectivity index (χ0) is 11.6. The zero-order valence-electron chi connectivity index (χ0n) is 11.0. The second-order valence-corrected chi connectivity index (χ2v) is 5.85. The Hall–Kier alpha value is -0.0800. The molecule has 3 unspecified atom stereocenters. The lowest BCUT2D eigenvalue weighted by Gasteiger charge is -2.51. The largest absolute Gasteiger partial charge is 0.329 e. The first-order chi connectivity index (χ1) is 7.74. The molecule has 0 radical (unpaired) electrons. The molecule has 1 heterocycles. The lowest BCUT2D eigenvalue weighted by molar-refractivity contribution is 0.00261. The highest BCUT2D eigenvalue weighted by Crippen LogP contribution is 2.41. The molecular formula is C14H28N2. The van der Waals surface area contributed by atoms with Crippen molar-refractivity contribution >= 4 is 0 Å². The quantitative estimate of drug-likeness (QED) is 0.798. The summed E-state index contributed by atoms with van der Waals surface area (Å²) < 4.78 is 0. The van der Waals surface area contributed by atoms with Gasteiger partial charge in [0.15, 0.2) is 0 Å². The molecule has 2 heteroatoms. The predicted molar refractivity (Wildman–Crippen MR) is 69.4 cm³/mol. The first kappa shape index (κ1) is 12.4. The Morgan fingerprint density at radius 3 is 2.69 bits per heavy atom. The van der Waals surface area contributed by atoms with Crippen molar-refractivity contribution in [3.8, 4) is 0 Å². The van der Waals surface area contributed by atoms with Gasteiger partial charge in [0.05, 0.1) is 0 Å². The van der Waals surface area contributed by atoms with Crippen LogP contribution in [0.25, 0.3) is 0 Å². The van der Waals surface area contributed by atoms with E-state index in [0.29, 0.717) is 5.54 Å². The molecular weight excluding hydrogens is 196 g/mol. The maximum absolute atomic E-state index is 6.18. The van der Waals surface area contributed by atoms with Crippen LogP contribution in [0.2, 0.25) is 0 Å². The van der Waals surface area contributed by atoms with Gasteiger partial charge in [-0.2, -0.15) is 0 Å². The molecule has 0 bridgehead atoms. The molecule has 0 spiro atoms. The minimum Gasteiger partial charge on any atom is -0.329 e. The summed E-state index contributed by atoms with van der Waals surface area (Å²) in [7, 11) is 0. The Kier molecular flexibility index (Phi) is 3.91. The smallest absolute Gasteiger partial charge is 0.0360 e. The first-order valence-electron chi connectivity index (χ1n) is 7.21. The molecule has 2 rings (SSSR count). The standard InChI is InChI=1S/C14H28N2/c1-3-13-8-6-10-16(13)14(11-15)9-5-4-7-12(14)2/h12-13H,3-11,15H2,1-2H3. The lowest BCUT2D eigenvalue weighted by Crippen LogP contribution is -2.60. The topological polar surface area (TPSA) is 29.3 Å². The van der Waals surface area contributed by atoms with E-state index in [2.05, 4.69) is 18.7 Å². The van der Waals surface area contributed by atoms with Gasteiger partial charge in [0.2, 0.25) is 0 Å². The van der Waals surface area contributed by atoms with Crippen molar-refractivity contribution in [1.82, 2.24) is 4.90 Å². The van der Waals surface area contributed by atoms with E-state index in [1.54, 1.807) is 0 Å². The van der Waals surface area contributed by atoms with E-state index in [-0.39, 0.29) is 0 Å². The fraction of sp³-hybridized carbons (Fsp3) is 1.00. The highest BCUT2D eigenvalue weighted by Gasteiger charge is 2.45. The van der Waals surface area contributed by atoms with Gasteiger partial charge in [-0.25, -0.2) is 0 Å². The third kappa shape index (κ3) is 1.91. The third-order valence-corrected chi connectivity index (χ3v) is 5.19. The van der Waals surface area contributed by atoms with Gasteiger partial charge >= 0.3 is 0 Å². The molecule has 0 aromatic rings. The summed E-state index contributed by atoms with van der Waals surface area (Å²) in [5.41, 5.74) is 6.53. The van der Waals surface area contributed by atoms with Crippen LogP contribution in [-0.4, -0.2) is 29.6 Å². The number of nitrogens with zero attached hydrogens (tertiary/aromatic N) is 1. The van der Waals surface area contributed by atoms with E-state index < -0.39 is 0 Å². The van der Waals surface area contributed by atoms with E-state index >= 15 is 0 Å². The maximum Gasteiger partial charge on any atom is 0.0360 e. The summed E-state index contributed by atoms with van der Waals surface area (Å²) in [5, 5.41) is 0. The Balaban J connectivity index is 2.18. The SMILES string of the molecule is CCC1CCCN1C1(CN)CCCCC1C.